The maximum atomic E-state index is 10.7. The minimum absolute atomic E-state index is 0.0365. The molecule has 0 saturated carbocycles. The van der Waals surface area contributed by atoms with Crippen molar-refractivity contribution in [3.63, 3.8) is 0 Å². The number of ether oxygens (including phenoxy) is 2. The Morgan fingerprint density at radius 1 is 1.40 bits per heavy atom. The highest BCUT2D eigenvalue weighted by Crippen LogP contribution is 2.31. The van der Waals surface area contributed by atoms with Crippen molar-refractivity contribution >= 4 is 17.4 Å². The van der Waals surface area contributed by atoms with Crippen LogP contribution in [0.2, 0.25) is 0 Å². The zero-order valence-corrected chi connectivity index (χ0v) is 12.6. The Labute approximate surface area is 122 Å². The van der Waals surface area contributed by atoms with Gasteiger partial charge in [0.15, 0.2) is 11.5 Å². The van der Waals surface area contributed by atoms with Crippen molar-refractivity contribution in [1.82, 2.24) is 0 Å². The molecule has 0 radical (unpaired) electrons. The van der Waals surface area contributed by atoms with Crippen LogP contribution in [0.5, 0.6) is 11.5 Å². The molecule has 1 N–H and O–H groups in total. The second-order valence-electron chi connectivity index (χ2n) is 4.81. The molecule has 1 aromatic carbocycles. The number of hydrogen-bond acceptors (Lipinski definition) is 6. The number of aliphatic hydroxyl groups is 1. The van der Waals surface area contributed by atoms with Gasteiger partial charge in [0.05, 0.1) is 30.3 Å². The van der Waals surface area contributed by atoms with Crippen LogP contribution in [0.3, 0.4) is 0 Å². The summed E-state index contributed by atoms with van der Waals surface area (Å²) in [5.41, 5.74) is -0.735. The van der Waals surface area contributed by atoms with E-state index in [1.165, 1.54) is 25.3 Å². The number of thioether (sulfide) groups is 1. The van der Waals surface area contributed by atoms with Crippen LogP contribution in [-0.2, 0) is 0 Å². The van der Waals surface area contributed by atoms with Crippen LogP contribution >= 0.6 is 11.8 Å². The van der Waals surface area contributed by atoms with Gasteiger partial charge in [0.1, 0.15) is 0 Å². The lowest BCUT2D eigenvalue weighted by molar-refractivity contribution is -0.384. The lowest BCUT2D eigenvalue weighted by Gasteiger charge is -2.16. The fraction of sp³-hybridized carbons (Fsp3) is 0.538. The average Bonchev–Trinajstić information content (AvgIpc) is 2.36. The number of non-ortho nitro benzene ring substituents is 1. The Morgan fingerprint density at radius 3 is 2.65 bits per heavy atom. The van der Waals surface area contributed by atoms with Gasteiger partial charge >= 0.3 is 0 Å². The monoisotopic (exact) mass is 301 g/mol. The fourth-order valence-corrected chi connectivity index (χ4v) is 2.27. The van der Waals surface area contributed by atoms with E-state index in [-0.39, 0.29) is 5.69 Å². The number of methoxy groups -OCH3 is 1. The van der Waals surface area contributed by atoms with Crippen molar-refractivity contribution in [3.05, 3.63) is 28.3 Å². The molecule has 7 heteroatoms. The number of rotatable bonds is 8. The van der Waals surface area contributed by atoms with Crippen LogP contribution < -0.4 is 9.47 Å². The lowest BCUT2D eigenvalue weighted by atomic mass is 10.2. The second-order valence-corrected chi connectivity index (χ2v) is 5.91. The molecular formula is C13H19NO5S. The number of nitrogens with zero attached hydrogens (tertiary/aromatic N) is 1. The molecule has 1 aromatic rings. The first kappa shape index (κ1) is 16.6. The van der Waals surface area contributed by atoms with Gasteiger partial charge in [-0.05, 0) is 19.9 Å². The Bertz CT molecular complexity index is 459. The molecule has 1 rings (SSSR count). The van der Waals surface area contributed by atoms with Crippen LogP contribution in [0.25, 0.3) is 0 Å². The summed E-state index contributed by atoms with van der Waals surface area (Å²) < 4.78 is 10.6. The first-order valence-electron chi connectivity index (χ1n) is 6.09. The Hall–Kier alpha value is -1.47. The predicted octanol–water partition coefficient (Wildman–Crippen LogP) is 2.49. The topological polar surface area (TPSA) is 81.8 Å². The predicted molar refractivity (Wildman–Crippen MR) is 78.8 cm³/mol. The highest BCUT2D eigenvalue weighted by Gasteiger charge is 2.13. The molecule has 0 amide bonds. The Kier molecular flexibility index (Phi) is 6.09. The molecule has 20 heavy (non-hydrogen) atoms. The molecular weight excluding hydrogens is 282 g/mol. The highest BCUT2D eigenvalue weighted by atomic mass is 32.2. The van der Waals surface area contributed by atoms with E-state index in [0.717, 1.165) is 0 Å². The molecule has 0 spiro atoms. The molecule has 6 nitrogen and oxygen atoms in total. The van der Waals surface area contributed by atoms with E-state index in [4.69, 9.17) is 9.47 Å². The van der Waals surface area contributed by atoms with Gasteiger partial charge in [0.2, 0.25) is 0 Å². The van der Waals surface area contributed by atoms with Crippen molar-refractivity contribution in [2.75, 3.05) is 25.2 Å². The minimum atomic E-state index is -0.699. The summed E-state index contributed by atoms with van der Waals surface area (Å²) in [4.78, 5) is 10.2. The van der Waals surface area contributed by atoms with Gasteiger partial charge in [-0.2, -0.15) is 11.8 Å². The smallest absolute Gasteiger partial charge is 0.273 e. The summed E-state index contributed by atoms with van der Waals surface area (Å²) in [5, 5.41) is 20.2. The van der Waals surface area contributed by atoms with Gasteiger partial charge in [-0.3, -0.25) is 10.1 Å². The van der Waals surface area contributed by atoms with Gasteiger partial charge in [0.25, 0.3) is 5.69 Å². The molecule has 0 bridgehead atoms. The van der Waals surface area contributed by atoms with E-state index >= 15 is 0 Å². The summed E-state index contributed by atoms with van der Waals surface area (Å²) in [6, 6.07) is 4.23. The molecule has 0 aliphatic rings. The van der Waals surface area contributed by atoms with E-state index in [1.807, 2.05) is 0 Å². The third kappa shape index (κ3) is 5.66. The average molecular weight is 301 g/mol. The largest absolute Gasteiger partial charge is 0.493 e. The highest BCUT2D eigenvalue weighted by molar-refractivity contribution is 7.99. The number of nitro benzene ring substituents is 1. The third-order valence-corrected chi connectivity index (χ3v) is 3.66. The van der Waals surface area contributed by atoms with E-state index < -0.39 is 10.5 Å². The van der Waals surface area contributed by atoms with Crippen molar-refractivity contribution < 1.29 is 19.5 Å². The third-order valence-electron chi connectivity index (χ3n) is 2.30. The molecule has 0 aliphatic carbocycles. The zero-order chi connectivity index (χ0) is 15.2. The van der Waals surface area contributed by atoms with Gasteiger partial charge < -0.3 is 14.6 Å². The van der Waals surface area contributed by atoms with Crippen molar-refractivity contribution in [2.45, 2.75) is 19.4 Å². The molecule has 0 aliphatic heterocycles. The standard InChI is InChI=1S/C13H19NO5S/c1-13(2,15)9-20-7-6-19-11-5-4-10(14(16)17)8-12(11)18-3/h4-5,8,15H,6-7,9H2,1-3H3. The first-order chi connectivity index (χ1) is 9.33. The van der Waals surface area contributed by atoms with Gasteiger partial charge in [0, 0.05) is 17.6 Å². The maximum Gasteiger partial charge on any atom is 0.273 e. The maximum absolute atomic E-state index is 10.7. The summed E-state index contributed by atoms with van der Waals surface area (Å²) >= 11 is 1.58. The van der Waals surface area contributed by atoms with Gasteiger partial charge in [-0.25, -0.2) is 0 Å². The van der Waals surface area contributed by atoms with Crippen LogP contribution in [0.1, 0.15) is 13.8 Å². The van der Waals surface area contributed by atoms with Crippen molar-refractivity contribution in [2.24, 2.45) is 0 Å². The van der Waals surface area contributed by atoms with Crippen LogP contribution in [0.4, 0.5) is 5.69 Å². The van der Waals surface area contributed by atoms with Gasteiger partial charge in [-0.15, -0.1) is 0 Å². The Morgan fingerprint density at radius 2 is 2.10 bits per heavy atom. The molecule has 0 fully saturated rings. The minimum Gasteiger partial charge on any atom is -0.493 e. The van der Waals surface area contributed by atoms with Crippen LogP contribution in [-0.4, -0.2) is 40.9 Å². The van der Waals surface area contributed by atoms with Crippen LogP contribution in [0, 0.1) is 10.1 Å². The SMILES string of the molecule is COc1cc([N+](=O)[O-])ccc1OCCSCC(C)(C)O. The molecule has 0 saturated heterocycles. The summed E-state index contributed by atoms with van der Waals surface area (Å²) in [6.45, 7) is 3.94. The fourth-order valence-electron chi connectivity index (χ4n) is 1.42. The first-order valence-corrected chi connectivity index (χ1v) is 7.24. The number of nitro groups is 1. The van der Waals surface area contributed by atoms with Gasteiger partial charge in [-0.1, -0.05) is 0 Å². The molecule has 112 valence electrons. The van der Waals surface area contributed by atoms with Crippen molar-refractivity contribution in [3.8, 4) is 11.5 Å². The zero-order valence-electron chi connectivity index (χ0n) is 11.8. The summed E-state index contributed by atoms with van der Waals surface area (Å²) in [7, 11) is 1.44. The number of benzene rings is 1. The van der Waals surface area contributed by atoms with Crippen molar-refractivity contribution in [1.29, 1.82) is 0 Å². The second kappa shape index (κ2) is 7.35. The Balaban J connectivity index is 2.49. The van der Waals surface area contributed by atoms with E-state index in [1.54, 1.807) is 25.6 Å². The quantitative estimate of drug-likeness (QED) is 0.451. The van der Waals surface area contributed by atoms with E-state index in [0.29, 0.717) is 29.6 Å². The molecule has 0 heterocycles. The molecule has 0 atom stereocenters. The summed E-state index contributed by atoms with van der Waals surface area (Å²) in [5.74, 6) is 2.14. The molecule has 0 unspecified atom stereocenters. The lowest BCUT2D eigenvalue weighted by Crippen LogP contribution is -2.22. The van der Waals surface area contributed by atoms with Crippen LogP contribution in [0.15, 0.2) is 18.2 Å². The van der Waals surface area contributed by atoms with E-state index in [2.05, 4.69) is 0 Å². The normalized spacial score (nSPS) is 11.2. The molecule has 0 aromatic heterocycles. The summed E-state index contributed by atoms with van der Waals surface area (Å²) in [6.07, 6.45) is 0. The number of hydrogen-bond donors (Lipinski definition) is 1. The van der Waals surface area contributed by atoms with E-state index in [9.17, 15) is 15.2 Å².